The average molecular weight is 347 g/mol. The fourth-order valence-electron chi connectivity index (χ4n) is 2.48. The molecule has 5 heteroatoms. The van der Waals surface area contributed by atoms with Crippen molar-refractivity contribution >= 4 is 21.6 Å². The van der Waals surface area contributed by atoms with Crippen molar-refractivity contribution < 1.29 is 10.2 Å². The molecule has 0 spiro atoms. The first-order valence-corrected chi connectivity index (χ1v) is 7.44. The maximum atomic E-state index is 9.99. The van der Waals surface area contributed by atoms with Gasteiger partial charge in [0.2, 0.25) is 0 Å². The van der Waals surface area contributed by atoms with Crippen LogP contribution < -0.4 is 5.43 Å². The monoisotopic (exact) mass is 346 g/mol. The molecule has 1 heterocycles. The van der Waals surface area contributed by atoms with Gasteiger partial charge in [-0.3, -0.25) is 0 Å². The number of aromatic hydroxyl groups is 2. The van der Waals surface area contributed by atoms with E-state index in [-0.39, 0.29) is 17.5 Å². The summed E-state index contributed by atoms with van der Waals surface area (Å²) in [6, 6.07) is 10.7. The summed E-state index contributed by atoms with van der Waals surface area (Å²) < 4.78 is 0.906. The second kappa shape index (κ2) is 5.41. The first-order chi connectivity index (χ1) is 10.0. The summed E-state index contributed by atoms with van der Waals surface area (Å²) in [5.41, 5.74) is 6.42. The third-order valence-corrected chi connectivity index (χ3v) is 4.07. The van der Waals surface area contributed by atoms with Crippen LogP contribution in [0.15, 0.2) is 46.0 Å². The van der Waals surface area contributed by atoms with Crippen LogP contribution in [0, 0.1) is 6.92 Å². The molecule has 0 saturated carbocycles. The molecule has 21 heavy (non-hydrogen) atoms. The smallest absolute Gasteiger partial charge is 0.124 e. The minimum Gasteiger partial charge on any atom is -0.508 e. The molecule has 0 radical (unpaired) electrons. The van der Waals surface area contributed by atoms with Gasteiger partial charge in [-0.25, -0.2) is 0 Å². The Labute approximate surface area is 131 Å². The summed E-state index contributed by atoms with van der Waals surface area (Å²) in [7, 11) is 0. The zero-order valence-corrected chi connectivity index (χ0v) is 13.1. The Bertz CT molecular complexity index is 728. The highest BCUT2D eigenvalue weighted by Gasteiger charge is 2.25. The number of aryl methyl sites for hydroxylation is 1. The number of hydrazone groups is 1. The van der Waals surface area contributed by atoms with Crippen LogP contribution in [0.4, 0.5) is 0 Å². The van der Waals surface area contributed by atoms with Crippen LogP contribution in [0.2, 0.25) is 0 Å². The lowest BCUT2D eigenvalue weighted by Gasteiger charge is -2.12. The van der Waals surface area contributed by atoms with E-state index in [2.05, 4.69) is 26.5 Å². The van der Waals surface area contributed by atoms with E-state index >= 15 is 0 Å². The van der Waals surface area contributed by atoms with E-state index < -0.39 is 0 Å². The number of benzene rings is 2. The lowest BCUT2D eigenvalue weighted by Crippen LogP contribution is -2.10. The zero-order valence-electron chi connectivity index (χ0n) is 11.5. The quantitative estimate of drug-likeness (QED) is 0.778. The van der Waals surface area contributed by atoms with Crippen molar-refractivity contribution in [1.82, 2.24) is 5.43 Å². The lowest BCUT2D eigenvalue weighted by molar-refractivity contribution is 0.455. The second-order valence-corrected chi connectivity index (χ2v) is 6.08. The van der Waals surface area contributed by atoms with Gasteiger partial charge in [0.25, 0.3) is 0 Å². The SMILES string of the molecule is Cc1ccc(O)c(C2=NNC(c3cc(Br)ccc3O)C2)c1. The lowest BCUT2D eigenvalue weighted by atomic mass is 9.97. The molecule has 0 amide bonds. The van der Waals surface area contributed by atoms with E-state index in [1.54, 1.807) is 18.2 Å². The molecule has 4 nitrogen and oxygen atoms in total. The molecule has 3 rings (SSSR count). The van der Waals surface area contributed by atoms with Gasteiger partial charge in [-0.2, -0.15) is 5.10 Å². The summed E-state index contributed by atoms with van der Waals surface area (Å²) >= 11 is 3.41. The van der Waals surface area contributed by atoms with Crippen LogP contribution in [0.5, 0.6) is 11.5 Å². The van der Waals surface area contributed by atoms with E-state index in [4.69, 9.17) is 0 Å². The Hall–Kier alpha value is -2.01. The average Bonchev–Trinajstić information content (AvgIpc) is 2.93. The van der Waals surface area contributed by atoms with E-state index in [1.807, 2.05) is 25.1 Å². The molecule has 108 valence electrons. The van der Waals surface area contributed by atoms with Crippen molar-refractivity contribution in [2.45, 2.75) is 19.4 Å². The molecular weight excluding hydrogens is 332 g/mol. The van der Waals surface area contributed by atoms with Gasteiger partial charge in [0.1, 0.15) is 11.5 Å². The summed E-state index contributed by atoms with van der Waals surface area (Å²) in [6.45, 7) is 1.98. The third kappa shape index (κ3) is 2.74. The van der Waals surface area contributed by atoms with Crippen LogP contribution in [0.3, 0.4) is 0 Å². The summed E-state index contributed by atoms with van der Waals surface area (Å²) in [5, 5.41) is 24.3. The normalized spacial score (nSPS) is 17.4. The fourth-order valence-corrected chi connectivity index (χ4v) is 2.85. The van der Waals surface area contributed by atoms with Gasteiger partial charge in [-0.1, -0.05) is 27.6 Å². The van der Waals surface area contributed by atoms with Crippen LogP contribution in [0.1, 0.15) is 29.2 Å². The number of hydrogen-bond donors (Lipinski definition) is 3. The molecule has 1 atom stereocenters. The molecule has 2 aromatic rings. The predicted molar refractivity (Wildman–Crippen MR) is 85.7 cm³/mol. The molecule has 3 N–H and O–H groups in total. The summed E-state index contributed by atoms with van der Waals surface area (Å²) in [5.74, 6) is 0.459. The minimum absolute atomic E-state index is 0.0996. The molecule has 1 unspecified atom stereocenters. The third-order valence-electron chi connectivity index (χ3n) is 3.58. The Balaban J connectivity index is 1.88. The van der Waals surface area contributed by atoms with Crippen LogP contribution in [-0.2, 0) is 0 Å². The summed E-state index contributed by atoms with van der Waals surface area (Å²) in [6.07, 6.45) is 0.612. The standard InChI is InChI=1S/C16H15BrN2O2/c1-9-2-4-15(20)11(6-9)13-8-14(19-18-13)12-7-10(17)3-5-16(12)21/h2-7,14,19-21H,8H2,1H3. The minimum atomic E-state index is -0.0996. The number of halogens is 1. The van der Waals surface area contributed by atoms with Crippen LogP contribution in [0.25, 0.3) is 0 Å². The molecule has 1 aliphatic heterocycles. The maximum Gasteiger partial charge on any atom is 0.124 e. The van der Waals surface area contributed by atoms with Gasteiger partial charge >= 0.3 is 0 Å². The summed E-state index contributed by atoms with van der Waals surface area (Å²) in [4.78, 5) is 0. The van der Waals surface area contributed by atoms with Gasteiger partial charge in [-0.05, 0) is 37.3 Å². The van der Waals surface area contributed by atoms with Gasteiger partial charge in [0.05, 0.1) is 11.8 Å². The highest BCUT2D eigenvalue weighted by atomic mass is 79.9. The van der Waals surface area contributed by atoms with Gasteiger partial charge in [0, 0.05) is 22.0 Å². The Morgan fingerprint density at radius 2 is 1.90 bits per heavy atom. The van der Waals surface area contributed by atoms with Gasteiger partial charge in [0.15, 0.2) is 0 Å². The number of rotatable bonds is 2. The van der Waals surface area contributed by atoms with Crippen LogP contribution >= 0.6 is 15.9 Å². The molecule has 1 aliphatic rings. The van der Waals surface area contributed by atoms with Gasteiger partial charge < -0.3 is 15.6 Å². The first-order valence-electron chi connectivity index (χ1n) is 6.65. The molecule has 0 aliphatic carbocycles. The number of phenols is 2. The Kier molecular flexibility index (Phi) is 3.59. The highest BCUT2D eigenvalue weighted by molar-refractivity contribution is 9.10. The van der Waals surface area contributed by atoms with Crippen LogP contribution in [-0.4, -0.2) is 15.9 Å². The zero-order chi connectivity index (χ0) is 15.0. The van der Waals surface area contributed by atoms with E-state index in [0.29, 0.717) is 6.42 Å². The molecular formula is C16H15BrN2O2. The number of phenolic OH excluding ortho intramolecular Hbond substituents is 2. The topological polar surface area (TPSA) is 64.9 Å². The van der Waals surface area contributed by atoms with E-state index in [9.17, 15) is 10.2 Å². The fraction of sp³-hybridized carbons (Fsp3) is 0.188. The molecule has 0 saturated heterocycles. The van der Waals surface area contributed by atoms with Crippen molar-refractivity contribution in [1.29, 1.82) is 0 Å². The number of nitrogens with zero attached hydrogens (tertiary/aromatic N) is 1. The first kappa shape index (κ1) is 13.9. The van der Waals surface area contributed by atoms with Crippen molar-refractivity contribution in [3.05, 3.63) is 57.6 Å². The van der Waals surface area contributed by atoms with Crippen molar-refractivity contribution in [2.75, 3.05) is 0 Å². The van der Waals surface area contributed by atoms with Crippen molar-refractivity contribution in [2.24, 2.45) is 5.10 Å². The largest absolute Gasteiger partial charge is 0.508 e. The van der Waals surface area contributed by atoms with Gasteiger partial charge in [-0.15, -0.1) is 0 Å². The molecule has 0 aromatic heterocycles. The van der Waals surface area contributed by atoms with Crippen molar-refractivity contribution in [3.8, 4) is 11.5 Å². The second-order valence-electron chi connectivity index (χ2n) is 5.17. The van der Waals surface area contributed by atoms with Crippen molar-refractivity contribution in [3.63, 3.8) is 0 Å². The predicted octanol–water partition coefficient (Wildman–Crippen LogP) is 3.61. The highest BCUT2D eigenvalue weighted by Crippen LogP contribution is 2.34. The van der Waals surface area contributed by atoms with E-state index in [1.165, 1.54) is 0 Å². The van der Waals surface area contributed by atoms with E-state index in [0.717, 1.165) is 26.9 Å². The molecule has 0 bridgehead atoms. The molecule has 0 fully saturated rings. The number of hydrogen-bond acceptors (Lipinski definition) is 4. The Morgan fingerprint density at radius 3 is 2.71 bits per heavy atom. The maximum absolute atomic E-state index is 9.99. The molecule has 2 aromatic carbocycles. The number of nitrogens with one attached hydrogen (secondary N) is 1. The Morgan fingerprint density at radius 1 is 1.14 bits per heavy atom.